The average molecular weight is 420 g/mol. The summed E-state index contributed by atoms with van der Waals surface area (Å²) in [5.41, 5.74) is 0.937. The van der Waals surface area contributed by atoms with Crippen molar-refractivity contribution >= 4 is 30.0 Å². The van der Waals surface area contributed by atoms with Crippen molar-refractivity contribution in [2.75, 3.05) is 6.26 Å². The van der Waals surface area contributed by atoms with Gasteiger partial charge in [-0.3, -0.25) is 4.18 Å². The minimum Gasteiger partial charge on any atom is -0.414 e. The highest BCUT2D eigenvalue weighted by Crippen LogP contribution is 2.42. The Labute approximate surface area is 163 Å². The molecule has 1 heterocycles. The zero-order valence-corrected chi connectivity index (χ0v) is 19.0. The Balaban J connectivity index is 2.23. The molecule has 1 fully saturated rings. The van der Waals surface area contributed by atoms with Gasteiger partial charge >= 0.3 is 0 Å². The van der Waals surface area contributed by atoms with Crippen molar-refractivity contribution < 1.29 is 17.0 Å². The molecule has 0 aromatic carbocycles. The number of nitrogens with zero attached hydrogens (tertiary/aromatic N) is 1. The van der Waals surface area contributed by atoms with Crippen molar-refractivity contribution in [3.63, 3.8) is 0 Å². The maximum atomic E-state index is 11.7. The standard InChI is InChI=1S/C18H30ClNO4SSi/c1-18(2,3)26(5,6)24-14-8-9-16(23-25(4,21)22)15(11-14)13-7-10-17(19)20-12-13/h7,10,12,14-16H,8-9,11H2,1-6H3/t14-,15-,16+/m0/s1. The molecule has 0 saturated heterocycles. The first kappa shape index (κ1) is 21.8. The van der Waals surface area contributed by atoms with Crippen molar-refractivity contribution in [2.24, 2.45) is 0 Å². The van der Waals surface area contributed by atoms with Gasteiger partial charge in [0.2, 0.25) is 0 Å². The van der Waals surface area contributed by atoms with Crippen LogP contribution in [0.1, 0.15) is 51.5 Å². The molecule has 1 saturated carbocycles. The highest BCUT2D eigenvalue weighted by Gasteiger charge is 2.42. The molecular formula is C18H30ClNO4SSi. The summed E-state index contributed by atoms with van der Waals surface area (Å²) in [5, 5.41) is 0.545. The number of aromatic nitrogens is 1. The Bertz CT molecular complexity index is 716. The lowest BCUT2D eigenvalue weighted by molar-refractivity contribution is 0.0580. The highest BCUT2D eigenvalue weighted by molar-refractivity contribution is 7.86. The molecule has 1 aliphatic carbocycles. The summed E-state index contributed by atoms with van der Waals surface area (Å²) in [5.74, 6) is -0.0852. The second kappa shape index (κ2) is 7.87. The SMILES string of the molecule is CC(C)(C)[Si](C)(C)O[C@H]1CC[C@@H](OS(C)(=O)=O)[C@H](c2ccc(Cl)nc2)C1. The molecular weight excluding hydrogens is 390 g/mol. The van der Waals surface area contributed by atoms with Crippen LogP contribution in [0.3, 0.4) is 0 Å². The van der Waals surface area contributed by atoms with Crippen LogP contribution in [0.5, 0.6) is 0 Å². The predicted octanol–water partition coefficient (Wildman–Crippen LogP) is 4.74. The summed E-state index contributed by atoms with van der Waals surface area (Å²) in [7, 11) is -5.42. The molecule has 1 aliphatic rings. The molecule has 2 rings (SSSR count). The number of rotatable bonds is 5. The van der Waals surface area contributed by atoms with Crippen molar-refractivity contribution in [3.05, 3.63) is 29.0 Å². The molecule has 0 unspecified atom stereocenters. The Hall–Kier alpha value is -0.473. The van der Waals surface area contributed by atoms with E-state index in [-0.39, 0.29) is 17.1 Å². The molecule has 0 radical (unpaired) electrons. The Morgan fingerprint density at radius 1 is 1.23 bits per heavy atom. The van der Waals surface area contributed by atoms with Crippen LogP contribution in [-0.4, -0.2) is 40.2 Å². The topological polar surface area (TPSA) is 65.5 Å². The van der Waals surface area contributed by atoms with Crippen molar-refractivity contribution in [1.29, 1.82) is 0 Å². The van der Waals surface area contributed by atoms with Gasteiger partial charge < -0.3 is 4.43 Å². The quantitative estimate of drug-likeness (QED) is 0.391. The van der Waals surface area contributed by atoms with Crippen LogP contribution in [0.2, 0.25) is 23.3 Å². The summed E-state index contributed by atoms with van der Waals surface area (Å²) < 4.78 is 35.4. The first-order valence-electron chi connectivity index (χ1n) is 8.96. The molecule has 0 N–H and O–H groups in total. The van der Waals surface area contributed by atoms with Crippen LogP contribution in [0.15, 0.2) is 18.3 Å². The molecule has 8 heteroatoms. The fourth-order valence-electron chi connectivity index (χ4n) is 3.10. The van der Waals surface area contributed by atoms with Gasteiger partial charge in [-0.05, 0) is 49.0 Å². The smallest absolute Gasteiger partial charge is 0.264 e. The third-order valence-electron chi connectivity index (χ3n) is 5.48. The maximum absolute atomic E-state index is 11.7. The molecule has 0 bridgehead atoms. The van der Waals surface area contributed by atoms with Gasteiger partial charge in [0.15, 0.2) is 8.32 Å². The largest absolute Gasteiger partial charge is 0.414 e. The highest BCUT2D eigenvalue weighted by atomic mass is 35.5. The van der Waals surface area contributed by atoms with E-state index in [0.29, 0.717) is 11.6 Å². The molecule has 148 valence electrons. The summed E-state index contributed by atoms with van der Waals surface area (Å²) in [6.07, 6.45) is 4.66. The van der Waals surface area contributed by atoms with E-state index in [0.717, 1.165) is 24.7 Å². The van der Waals surface area contributed by atoms with Crippen LogP contribution in [-0.2, 0) is 18.7 Å². The third kappa shape index (κ3) is 5.76. The van der Waals surface area contributed by atoms with E-state index in [9.17, 15) is 8.42 Å². The Morgan fingerprint density at radius 3 is 2.38 bits per heavy atom. The number of halogens is 1. The van der Waals surface area contributed by atoms with Gasteiger partial charge in [-0.15, -0.1) is 0 Å². The lowest BCUT2D eigenvalue weighted by Gasteiger charge is -2.43. The van der Waals surface area contributed by atoms with Crippen LogP contribution in [0, 0.1) is 0 Å². The van der Waals surface area contributed by atoms with Crippen LogP contribution in [0.25, 0.3) is 0 Å². The zero-order chi connectivity index (χ0) is 19.8. The fraction of sp³-hybridized carbons (Fsp3) is 0.722. The number of pyridine rings is 1. The minimum atomic E-state index is -3.53. The maximum Gasteiger partial charge on any atom is 0.264 e. The first-order chi connectivity index (χ1) is 11.8. The van der Waals surface area contributed by atoms with E-state index in [1.807, 2.05) is 6.07 Å². The lowest BCUT2D eigenvalue weighted by Crippen LogP contribution is -2.46. The van der Waals surface area contributed by atoms with E-state index in [2.05, 4.69) is 38.8 Å². The monoisotopic (exact) mass is 419 g/mol. The number of hydrogen-bond donors (Lipinski definition) is 0. The summed E-state index contributed by atoms with van der Waals surface area (Å²) in [4.78, 5) is 4.15. The fourth-order valence-corrected chi connectivity index (χ4v) is 5.29. The van der Waals surface area contributed by atoms with E-state index in [4.69, 9.17) is 20.2 Å². The molecule has 0 aliphatic heterocycles. The third-order valence-corrected chi connectivity index (χ3v) is 10.8. The zero-order valence-electron chi connectivity index (χ0n) is 16.5. The number of hydrogen-bond acceptors (Lipinski definition) is 5. The molecule has 3 atom stereocenters. The Morgan fingerprint density at radius 2 is 1.88 bits per heavy atom. The average Bonchev–Trinajstić information content (AvgIpc) is 2.47. The van der Waals surface area contributed by atoms with Gasteiger partial charge in [-0.1, -0.05) is 38.4 Å². The van der Waals surface area contributed by atoms with Crippen LogP contribution in [0.4, 0.5) is 0 Å². The van der Waals surface area contributed by atoms with Gasteiger partial charge in [-0.2, -0.15) is 8.42 Å². The van der Waals surface area contributed by atoms with Crippen molar-refractivity contribution in [2.45, 2.75) is 76.3 Å². The molecule has 5 nitrogen and oxygen atoms in total. The van der Waals surface area contributed by atoms with Gasteiger partial charge in [-0.25, -0.2) is 4.98 Å². The van der Waals surface area contributed by atoms with Gasteiger partial charge in [0.25, 0.3) is 10.1 Å². The van der Waals surface area contributed by atoms with Crippen molar-refractivity contribution in [1.82, 2.24) is 4.98 Å². The minimum absolute atomic E-state index is 0.0852. The molecule has 1 aromatic rings. The molecule has 26 heavy (non-hydrogen) atoms. The van der Waals surface area contributed by atoms with E-state index in [1.165, 1.54) is 0 Å². The normalized spacial score (nSPS) is 25.3. The summed E-state index contributed by atoms with van der Waals surface area (Å²) in [6, 6.07) is 3.63. The van der Waals surface area contributed by atoms with Crippen LogP contribution < -0.4 is 0 Å². The summed E-state index contributed by atoms with van der Waals surface area (Å²) >= 11 is 5.90. The van der Waals surface area contributed by atoms with Crippen molar-refractivity contribution in [3.8, 4) is 0 Å². The molecule has 1 aromatic heterocycles. The summed E-state index contributed by atoms with van der Waals surface area (Å²) in [6.45, 7) is 11.1. The van der Waals surface area contributed by atoms with E-state index in [1.54, 1.807) is 12.3 Å². The first-order valence-corrected chi connectivity index (χ1v) is 14.1. The van der Waals surface area contributed by atoms with Gasteiger partial charge in [0.1, 0.15) is 5.15 Å². The van der Waals surface area contributed by atoms with Gasteiger partial charge in [0, 0.05) is 18.2 Å². The second-order valence-corrected chi connectivity index (χ2v) is 15.4. The predicted molar refractivity (Wildman–Crippen MR) is 108 cm³/mol. The van der Waals surface area contributed by atoms with Gasteiger partial charge in [0.05, 0.1) is 12.4 Å². The molecule has 0 spiro atoms. The second-order valence-electron chi connectivity index (χ2n) is 8.67. The van der Waals surface area contributed by atoms with E-state index >= 15 is 0 Å². The van der Waals surface area contributed by atoms with Crippen LogP contribution >= 0.6 is 11.6 Å². The van der Waals surface area contributed by atoms with E-state index < -0.39 is 24.5 Å². The lowest BCUT2D eigenvalue weighted by atomic mass is 9.81. The molecule has 0 amide bonds. The Kier molecular flexibility index (Phi) is 6.61.